The predicted octanol–water partition coefficient (Wildman–Crippen LogP) is 3.62. The molecule has 1 aliphatic rings. The van der Waals surface area contributed by atoms with Crippen LogP contribution in [0.25, 0.3) is 0 Å². The van der Waals surface area contributed by atoms with Gasteiger partial charge in [0.2, 0.25) is 16.0 Å². The second-order valence-electron chi connectivity index (χ2n) is 8.00. The van der Waals surface area contributed by atoms with Crippen molar-refractivity contribution >= 4 is 44.8 Å². The molecule has 1 aliphatic heterocycles. The number of likely N-dealkylation sites (tertiary alicyclic amines) is 1. The number of nitrogens with zero attached hydrogens (tertiary/aromatic N) is 3. The van der Waals surface area contributed by atoms with Gasteiger partial charge in [0.25, 0.3) is 0 Å². The van der Waals surface area contributed by atoms with Gasteiger partial charge in [-0.05, 0) is 44.8 Å². The summed E-state index contributed by atoms with van der Waals surface area (Å²) in [6, 6.07) is 12.0. The fourth-order valence-electron chi connectivity index (χ4n) is 3.71. The van der Waals surface area contributed by atoms with Gasteiger partial charge in [-0.2, -0.15) is 4.98 Å². The van der Waals surface area contributed by atoms with Crippen LogP contribution in [0.1, 0.15) is 6.42 Å². The van der Waals surface area contributed by atoms with Gasteiger partial charge in [0.05, 0.1) is 24.7 Å². The molecule has 1 atom stereocenters. The van der Waals surface area contributed by atoms with Crippen molar-refractivity contribution in [2.24, 2.45) is 0 Å². The predicted molar refractivity (Wildman–Crippen MR) is 136 cm³/mol. The highest BCUT2D eigenvalue weighted by atomic mass is 35.5. The number of hydrogen-bond acceptors (Lipinski definition) is 9. The molecule has 2 heterocycles. The molecule has 0 aliphatic carbocycles. The third kappa shape index (κ3) is 5.93. The fourth-order valence-corrected chi connectivity index (χ4v) is 4.73. The summed E-state index contributed by atoms with van der Waals surface area (Å²) in [5, 5.41) is 6.34. The Morgan fingerprint density at radius 2 is 1.94 bits per heavy atom. The first-order chi connectivity index (χ1) is 16.8. The van der Waals surface area contributed by atoms with Crippen molar-refractivity contribution in [1.29, 1.82) is 0 Å². The molecule has 1 aromatic heterocycles. The molecule has 10 nitrogen and oxygen atoms in total. The minimum absolute atomic E-state index is 0.0670. The molecular weight excluding hydrogens is 492 g/mol. The maximum Gasteiger partial charge on any atom is 0.242 e. The van der Waals surface area contributed by atoms with Crippen molar-refractivity contribution in [2.75, 3.05) is 44.9 Å². The van der Waals surface area contributed by atoms with Crippen LogP contribution < -0.4 is 24.8 Å². The lowest BCUT2D eigenvalue weighted by atomic mass is 10.2. The molecule has 35 heavy (non-hydrogen) atoms. The Labute approximate surface area is 209 Å². The van der Waals surface area contributed by atoms with Crippen LogP contribution in [0.2, 0.25) is 5.02 Å². The monoisotopic (exact) mass is 518 g/mol. The maximum atomic E-state index is 12.4. The lowest BCUT2D eigenvalue weighted by molar-refractivity contribution is 0.207. The number of anilines is 4. The van der Waals surface area contributed by atoms with Gasteiger partial charge in [0.1, 0.15) is 27.5 Å². The van der Waals surface area contributed by atoms with Gasteiger partial charge in [-0.25, -0.2) is 18.1 Å². The molecule has 0 unspecified atom stereocenters. The summed E-state index contributed by atoms with van der Waals surface area (Å²) in [5.41, 5.74) is 0.958. The van der Waals surface area contributed by atoms with E-state index in [1.54, 1.807) is 25.3 Å². The van der Waals surface area contributed by atoms with Gasteiger partial charge in [-0.1, -0.05) is 23.7 Å². The zero-order valence-corrected chi connectivity index (χ0v) is 21.2. The number of hydrogen-bond donors (Lipinski definition) is 3. The van der Waals surface area contributed by atoms with Crippen LogP contribution >= 0.6 is 11.6 Å². The molecule has 0 spiro atoms. The van der Waals surface area contributed by atoms with Crippen molar-refractivity contribution in [1.82, 2.24) is 19.6 Å². The van der Waals surface area contributed by atoms with E-state index in [2.05, 4.69) is 37.3 Å². The molecule has 2 aromatic carbocycles. The van der Waals surface area contributed by atoms with Crippen molar-refractivity contribution < 1.29 is 17.9 Å². The zero-order valence-electron chi connectivity index (χ0n) is 19.6. The Morgan fingerprint density at radius 1 is 1.14 bits per heavy atom. The average Bonchev–Trinajstić information content (AvgIpc) is 3.26. The summed E-state index contributed by atoms with van der Waals surface area (Å²) in [6.45, 7) is 1.90. The van der Waals surface area contributed by atoms with E-state index in [1.807, 2.05) is 18.2 Å². The van der Waals surface area contributed by atoms with E-state index in [9.17, 15) is 8.42 Å². The van der Waals surface area contributed by atoms with Crippen LogP contribution in [0.4, 0.5) is 23.1 Å². The highest BCUT2D eigenvalue weighted by Gasteiger charge is 2.22. The van der Waals surface area contributed by atoms with Crippen LogP contribution in [0.3, 0.4) is 0 Å². The van der Waals surface area contributed by atoms with Gasteiger partial charge in [0.15, 0.2) is 5.82 Å². The number of methoxy groups -OCH3 is 1. The standard InChI is InChI=1S/C23H27ClN6O4S/c1-25-35(31,32)21-7-5-4-6-19(21)27-22-17(24)13-26-23(29-22)28-18-9-8-15(12-20(18)33-3)34-16-10-11-30(2)14-16/h4-9,12-13,16,25H,10-11,14H2,1-3H3,(H2,26,27,28,29)/t16-/m1/s1. The largest absolute Gasteiger partial charge is 0.494 e. The number of benzene rings is 2. The van der Waals surface area contributed by atoms with Crippen LogP contribution in [-0.2, 0) is 10.0 Å². The van der Waals surface area contributed by atoms with Crippen LogP contribution in [-0.4, -0.2) is 63.7 Å². The number of nitrogens with one attached hydrogen (secondary N) is 3. The van der Waals surface area contributed by atoms with Gasteiger partial charge >= 0.3 is 0 Å². The Balaban J connectivity index is 1.55. The van der Waals surface area contributed by atoms with Crippen molar-refractivity contribution in [3.05, 3.63) is 53.7 Å². The highest BCUT2D eigenvalue weighted by Crippen LogP contribution is 2.33. The number of sulfonamides is 1. The molecule has 0 amide bonds. The van der Waals surface area contributed by atoms with Crippen LogP contribution in [0.5, 0.6) is 11.5 Å². The molecule has 3 N–H and O–H groups in total. The third-order valence-corrected chi connectivity index (χ3v) is 7.26. The third-order valence-electron chi connectivity index (χ3n) is 5.51. The molecular formula is C23H27ClN6O4S. The van der Waals surface area contributed by atoms with Crippen molar-refractivity contribution in [3.63, 3.8) is 0 Å². The van der Waals surface area contributed by atoms with Gasteiger partial charge < -0.3 is 25.0 Å². The van der Waals surface area contributed by atoms with E-state index in [0.29, 0.717) is 17.1 Å². The molecule has 0 radical (unpaired) electrons. The number of ether oxygens (including phenoxy) is 2. The lowest BCUT2D eigenvalue weighted by Gasteiger charge is -2.17. The van der Waals surface area contributed by atoms with E-state index in [0.717, 1.165) is 25.3 Å². The average molecular weight is 519 g/mol. The number of aromatic nitrogens is 2. The second kappa shape index (κ2) is 10.6. The molecule has 12 heteroatoms. The Hall–Kier alpha value is -3.12. The first-order valence-corrected chi connectivity index (χ1v) is 12.8. The van der Waals surface area contributed by atoms with Crippen molar-refractivity contribution in [3.8, 4) is 11.5 Å². The lowest BCUT2D eigenvalue weighted by Crippen LogP contribution is -2.21. The first-order valence-electron chi connectivity index (χ1n) is 10.9. The maximum absolute atomic E-state index is 12.4. The van der Waals surface area contributed by atoms with E-state index in [1.165, 1.54) is 19.3 Å². The summed E-state index contributed by atoms with van der Waals surface area (Å²) in [7, 11) is 1.30. The van der Waals surface area contributed by atoms with Crippen molar-refractivity contribution in [2.45, 2.75) is 17.4 Å². The van der Waals surface area contributed by atoms with E-state index >= 15 is 0 Å². The van der Waals surface area contributed by atoms with E-state index < -0.39 is 10.0 Å². The minimum atomic E-state index is -3.69. The number of rotatable bonds is 9. The fraction of sp³-hybridized carbons (Fsp3) is 0.304. The molecule has 0 saturated carbocycles. The summed E-state index contributed by atoms with van der Waals surface area (Å²) in [6.07, 6.45) is 2.55. The zero-order chi connectivity index (χ0) is 25.0. The minimum Gasteiger partial charge on any atom is -0.494 e. The Morgan fingerprint density at radius 3 is 2.66 bits per heavy atom. The summed E-state index contributed by atoms with van der Waals surface area (Å²) in [4.78, 5) is 11.0. The molecule has 0 bridgehead atoms. The van der Waals surface area contributed by atoms with Crippen LogP contribution in [0.15, 0.2) is 53.6 Å². The number of para-hydroxylation sites is 1. The normalized spacial score (nSPS) is 16.2. The second-order valence-corrected chi connectivity index (χ2v) is 10.3. The Kier molecular flexibility index (Phi) is 7.60. The summed E-state index contributed by atoms with van der Waals surface area (Å²) >= 11 is 6.30. The van der Waals surface area contributed by atoms with Crippen LogP contribution in [0, 0.1) is 0 Å². The SMILES string of the molecule is CNS(=O)(=O)c1ccccc1Nc1nc(Nc2ccc(O[C@@H]3CCN(C)C3)cc2OC)ncc1Cl. The molecule has 4 rings (SSSR count). The Bertz CT molecular complexity index is 1310. The van der Waals surface area contributed by atoms with Gasteiger partial charge in [-0.15, -0.1) is 0 Å². The van der Waals surface area contributed by atoms with E-state index in [4.69, 9.17) is 21.1 Å². The number of likely N-dealkylation sites (N-methyl/N-ethyl adjacent to an activating group) is 1. The topological polar surface area (TPSA) is 118 Å². The van der Waals surface area contributed by atoms with Gasteiger partial charge in [-0.3, -0.25) is 0 Å². The highest BCUT2D eigenvalue weighted by molar-refractivity contribution is 7.89. The number of halogens is 1. The molecule has 3 aromatic rings. The molecule has 1 fully saturated rings. The first kappa shape index (κ1) is 25.0. The smallest absolute Gasteiger partial charge is 0.242 e. The summed E-state index contributed by atoms with van der Waals surface area (Å²) in [5.74, 6) is 1.77. The summed E-state index contributed by atoms with van der Waals surface area (Å²) < 4.78 is 38.7. The van der Waals surface area contributed by atoms with Gasteiger partial charge in [0, 0.05) is 19.2 Å². The molecule has 186 valence electrons. The van der Waals surface area contributed by atoms with E-state index in [-0.39, 0.29) is 27.8 Å². The molecule has 1 saturated heterocycles. The quantitative estimate of drug-likeness (QED) is 0.390.